The van der Waals surface area contributed by atoms with Gasteiger partial charge in [-0.3, -0.25) is 4.79 Å². The van der Waals surface area contributed by atoms with E-state index in [4.69, 9.17) is 9.47 Å². The van der Waals surface area contributed by atoms with Crippen LogP contribution in [0.2, 0.25) is 0 Å². The van der Waals surface area contributed by atoms with Crippen molar-refractivity contribution in [2.24, 2.45) is 0 Å². The van der Waals surface area contributed by atoms with Gasteiger partial charge in [-0.2, -0.15) is 0 Å². The van der Waals surface area contributed by atoms with E-state index < -0.39 is 5.97 Å². The minimum absolute atomic E-state index is 0.151. The fourth-order valence-electron chi connectivity index (χ4n) is 2.80. The molecule has 0 aliphatic carbocycles. The van der Waals surface area contributed by atoms with Gasteiger partial charge >= 0.3 is 5.97 Å². The molecule has 0 saturated carbocycles. The zero-order valence-corrected chi connectivity index (χ0v) is 16.8. The minimum atomic E-state index is -0.493. The number of benzene rings is 2. The van der Waals surface area contributed by atoms with E-state index >= 15 is 0 Å². The number of rotatable bonds is 6. The lowest BCUT2D eigenvalue weighted by atomic mass is 10.0. The topological polar surface area (TPSA) is 64.6 Å². The van der Waals surface area contributed by atoms with Crippen LogP contribution in [0.1, 0.15) is 21.5 Å². The first-order chi connectivity index (χ1) is 13.5. The van der Waals surface area contributed by atoms with Gasteiger partial charge in [0.25, 0.3) is 5.91 Å². The van der Waals surface area contributed by atoms with Gasteiger partial charge in [-0.05, 0) is 37.1 Å². The summed E-state index contributed by atoms with van der Waals surface area (Å²) >= 11 is 1.28. The summed E-state index contributed by atoms with van der Waals surface area (Å²) in [7, 11) is 1.33. The van der Waals surface area contributed by atoms with E-state index in [1.165, 1.54) is 18.4 Å². The van der Waals surface area contributed by atoms with Crippen molar-refractivity contribution in [3.8, 4) is 16.9 Å². The standard InChI is InChI=1S/C22H21NO4S/c1-14-6-4-8-16(10-14)18-13-28-21(20(18)22(25)26-3)23-19(24)12-27-17-9-5-7-15(2)11-17/h4-11,13H,12H2,1-3H3,(H,23,24). The first-order valence-electron chi connectivity index (χ1n) is 8.74. The van der Waals surface area contributed by atoms with E-state index in [9.17, 15) is 9.59 Å². The van der Waals surface area contributed by atoms with Crippen molar-refractivity contribution in [2.45, 2.75) is 13.8 Å². The van der Waals surface area contributed by atoms with Crippen LogP contribution in [0.5, 0.6) is 5.75 Å². The molecule has 0 aliphatic rings. The van der Waals surface area contributed by atoms with E-state index in [0.717, 1.165) is 22.3 Å². The van der Waals surface area contributed by atoms with Crippen LogP contribution in [-0.2, 0) is 9.53 Å². The molecule has 2 aromatic carbocycles. The molecule has 0 unspecified atom stereocenters. The molecule has 1 N–H and O–H groups in total. The molecule has 5 nitrogen and oxygen atoms in total. The number of carbonyl (C=O) groups is 2. The molecule has 0 atom stereocenters. The molecule has 0 radical (unpaired) electrons. The molecule has 1 aromatic heterocycles. The van der Waals surface area contributed by atoms with Crippen molar-refractivity contribution in [3.05, 3.63) is 70.6 Å². The Hall–Kier alpha value is -3.12. The Kier molecular flexibility index (Phi) is 6.11. The third-order valence-corrected chi connectivity index (χ3v) is 5.02. The summed E-state index contributed by atoms with van der Waals surface area (Å²) in [5.74, 6) is -0.216. The fraction of sp³-hybridized carbons (Fsp3) is 0.182. The highest BCUT2D eigenvalue weighted by atomic mass is 32.1. The summed E-state index contributed by atoms with van der Waals surface area (Å²) < 4.78 is 10.5. The highest BCUT2D eigenvalue weighted by Gasteiger charge is 2.22. The Morgan fingerprint density at radius 3 is 2.43 bits per heavy atom. The molecule has 1 amide bonds. The second kappa shape index (κ2) is 8.71. The Morgan fingerprint density at radius 2 is 1.75 bits per heavy atom. The Morgan fingerprint density at radius 1 is 1.04 bits per heavy atom. The number of esters is 1. The Bertz CT molecular complexity index is 1010. The van der Waals surface area contributed by atoms with Crippen LogP contribution in [0.25, 0.3) is 11.1 Å². The molecule has 3 rings (SSSR count). The highest BCUT2D eigenvalue weighted by molar-refractivity contribution is 7.15. The summed E-state index contributed by atoms with van der Waals surface area (Å²) in [5.41, 5.74) is 4.11. The smallest absolute Gasteiger partial charge is 0.341 e. The van der Waals surface area contributed by atoms with E-state index in [1.54, 1.807) is 6.07 Å². The number of hydrogen-bond donors (Lipinski definition) is 1. The monoisotopic (exact) mass is 395 g/mol. The van der Waals surface area contributed by atoms with Crippen molar-refractivity contribution < 1.29 is 19.1 Å². The van der Waals surface area contributed by atoms with Crippen molar-refractivity contribution in [3.63, 3.8) is 0 Å². The van der Waals surface area contributed by atoms with Gasteiger partial charge in [0.05, 0.1) is 7.11 Å². The van der Waals surface area contributed by atoms with Crippen molar-refractivity contribution in [1.82, 2.24) is 0 Å². The minimum Gasteiger partial charge on any atom is -0.484 e. The van der Waals surface area contributed by atoms with Crippen molar-refractivity contribution in [2.75, 3.05) is 19.0 Å². The average molecular weight is 395 g/mol. The van der Waals surface area contributed by atoms with Gasteiger partial charge in [0.2, 0.25) is 0 Å². The van der Waals surface area contributed by atoms with Gasteiger partial charge in [-0.15, -0.1) is 11.3 Å². The fourth-order valence-corrected chi connectivity index (χ4v) is 3.77. The quantitative estimate of drug-likeness (QED) is 0.607. The van der Waals surface area contributed by atoms with Crippen LogP contribution >= 0.6 is 11.3 Å². The van der Waals surface area contributed by atoms with Gasteiger partial charge in [-0.1, -0.05) is 42.0 Å². The Labute approximate surface area is 167 Å². The average Bonchev–Trinajstić information content (AvgIpc) is 3.09. The third kappa shape index (κ3) is 4.58. The van der Waals surface area contributed by atoms with Gasteiger partial charge in [0.15, 0.2) is 6.61 Å². The van der Waals surface area contributed by atoms with E-state index in [-0.39, 0.29) is 12.5 Å². The molecule has 0 aliphatic heterocycles. The molecule has 0 spiro atoms. The molecule has 1 heterocycles. The SMILES string of the molecule is COC(=O)c1c(-c2cccc(C)c2)csc1NC(=O)COc1cccc(C)c1. The maximum atomic E-state index is 12.4. The molecule has 0 saturated heterocycles. The van der Waals surface area contributed by atoms with E-state index in [2.05, 4.69) is 5.32 Å². The number of thiophene rings is 1. The Balaban J connectivity index is 1.79. The van der Waals surface area contributed by atoms with Crippen LogP contribution < -0.4 is 10.1 Å². The maximum absolute atomic E-state index is 12.4. The van der Waals surface area contributed by atoms with Crippen molar-refractivity contribution >= 4 is 28.2 Å². The molecule has 6 heteroatoms. The zero-order chi connectivity index (χ0) is 20.1. The second-order valence-electron chi connectivity index (χ2n) is 6.37. The van der Waals surface area contributed by atoms with Crippen LogP contribution in [0.15, 0.2) is 53.9 Å². The molecular weight excluding hydrogens is 374 g/mol. The van der Waals surface area contributed by atoms with Gasteiger partial charge in [0.1, 0.15) is 16.3 Å². The maximum Gasteiger partial charge on any atom is 0.341 e. The summed E-state index contributed by atoms with van der Waals surface area (Å²) in [5, 5.41) is 5.06. The van der Waals surface area contributed by atoms with Crippen LogP contribution in [-0.4, -0.2) is 25.6 Å². The number of nitrogens with one attached hydrogen (secondary N) is 1. The van der Waals surface area contributed by atoms with Gasteiger partial charge < -0.3 is 14.8 Å². The second-order valence-corrected chi connectivity index (χ2v) is 7.25. The van der Waals surface area contributed by atoms with Crippen LogP contribution in [0.4, 0.5) is 5.00 Å². The van der Waals surface area contributed by atoms with Crippen LogP contribution in [0.3, 0.4) is 0 Å². The number of amides is 1. The lowest BCUT2D eigenvalue weighted by molar-refractivity contribution is -0.118. The molecule has 3 aromatic rings. The van der Waals surface area contributed by atoms with Gasteiger partial charge in [-0.25, -0.2) is 4.79 Å². The molecule has 28 heavy (non-hydrogen) atoms. The number of aryl methyl sites for hydroxylation is 2. The summed E-state index contributed by atoms with van der Waals surface area (Å²) in [4.78, 5) is 24.7. The first-order valence-corrected chi connectivity index (χ1v) is 9.62. The van der Waals surface area contributed by atoms with Crippen LogP contribution in [0, 0.1) is 13.8 Å². The van der Waals surface area contributed by atoms with Gasteiger partial charge in [0, 0.05) is 10.9 Å². The lowest BCUT2D eigenvalue weighted by Crippen LogP contribution is -2.21. The molecular formula is C22H21NO4S. The number of hydrogen-bond acceptors (Lipinski definition) is 5. The number of methoxy groups -OCH3 is 1. The lowest BCUT2D eigenvalue weighted by Gasteiger charge is -2.09. The molecule has 0 fully saturated rings. The highest BCUT2D eigenvalue weighted by Crippen LogP contribution is 2.36. The third-order valence-electron chi connectivity index (χ3n) is 4.12. The largest absolute Gasteiger partial charge is 0.484 e. The molecule has 144 valence electrons. The van der Waals surface area contributed by atoms with E-state index in [1.807, 2.05) is 61.7 Å². The van der Waals surface area contributed by atoms with Crippen molar-refractivity contribution in [1.29, 1.82) is 0 Å². The zero-order valence-electron chi connectivity index (χ0n) is 15.9. The first kappa shape index (κ1) is 19.6. The normalized spacial score (nSPS) is 10.4. The number of anilines is 1. The van der Waals surface area contributed by atoms with E-state index in [0.29, 0.717) is 16.3 Å². The predicted molar refractivity (Wildman–Crippen MR) is 111 cm³/mol. The predicted octanol–water partition coefficient (Wildman–Crippen LogP) is 4.84. The number of ether oxygens (including phenoxy) is 2. The summed E-state index contributed by atoms with van der Waals surface area (Å²) in [6.07, 6.45) is 0. The molecule has 0 bridgehead atoms. The summed E-state index contributed by atoms with van der Waals surface area (Å²) in [6, 6.07) is 15.3. The summed E-state index contributed by atoms with van der Waals surface area (Å²) in [6.45, 7) is 3.79. The number of carbonyl (C=O) groups excluding carboxylic acids is 2.